The molecule has 0 heterocycles. The zero-order chi connectivity index (χ0) is 29.7. The maximum atomic E-state index is 13.7. The van der Waals surface area contributed by atoms with Crippen molar-refractivity contribution in [1.82, 2.24) is 4.72 Å². The number of Topliss-reactive ketones (excluding diaryl/α,β-unsaturated/α-hetero) is 1. The highest BCUT2D eigenvalue weighted by Gasteiger charge is 2.31. The van der Waals surface area contributed by atoms with Crippen LogP contribution in [-0.2, 0) is 14.8 Å². The van der Waals surface area contributed by atoms with E-state index in [-0.39, 0.29) is 34.9 Å². The van der Waals surface area contributed by atoms with Gasteiger partial charge in [-0.25, -0.2) is 13.1 Å². The highest BCUT2D eigenvalue weighted by molar-refractivity contribution is 7.89. The van der Waals surface area contributed by atoms with E-state index in [1.807, 2.05) is 0 Å². The lowest BCUT2D eigenvalue weighted by Crippen LogP contribution is -2.39. The summed E-state index contributed by atoms with van der Waals surface area (Å²) in [6.07, 6.45) is 3.79. The normalized spacial score (nSPS) is 17.5. The van der Waals surface area contributed by atoms with Crippen molar-refractivity contribution in [3.63, 3.8) is 0 Å². The van der Waals surface area contributed by atoms with Gasteiger partial charge >= 0.3 is 0 Å². The van der Waals surface area contributed by atoms with Crippen LogP contribution < -0.4 is 35.1 Å². The second kappa shape index (κ2) is 12.4. The fraction of sp³-hybridized carbons (Fsp3) is 0.233. The molecule has 1 fully saturated rings. The van der Waals surface area contributed by atoms with Crippen LogP contribution in [0.5, 0.6) is 23.0 Å². The standard InChI is InChI=1S/C30H33N3O7S/c1-37-26-9-5-18(13-28(26)39-3)11-20-15-22(33-41(35,36)23-7-8-24(31)25(32)17-23)16-21(30(20)34)12-19-6-10-27(38-2)29(14-19)40-4/h5-14,17,22,33H,15-16,31-32H2,1-4H3/b20-11+,21-12+. The highest BCUT2D eigenvalue weighted by Crippen LogP contribution is 2.34. The van der Waals surface area contributed by atoms with Gasteiger partial charge in [0.2, 0.25) is 10.0 Å². The fourth-order valence-corrected chi connectivity index (χ4v) is 5.89. The minimum Gasteiger partial charge on any atom is -0.493 e. The van der Waals surface area contributed by atoms with E-state index in [1.165, 1.54) is 46.6 Å². The van der Waals surface area contributed by atoms with E-state index in [0.717, 1.165) is 0 Å². The Bertz CT molecular complexity index is 1550. The molecule has 1 saturated carbocycles. The number of nitrogen functional groups attached to an aromatic ring is 2. The second-order valence-electron chi connectivity index (χ2n) is 9.41. The molecular weight excluding hydrogens is 546 g/mol. The maximum Gasteiger partial charge on any atom is 0.240 e. The van der Waals surface area contributed by atoms with Crippen molar-refractivity contribution in [2.75, 3.05) is 39.9 Å². The maximum absolute atomic E-state index is 13.7. The van der Waals surface area contributed by atoms with Gasteiger partial charge in [-0.1, -0.05) is 12.1 Å². The van der Waals surface area contributed by atoms with Gasteiger partial charge in [0.25, 0.3) is 0 Å². The van der Waals surface area contributed by atoms with Gasteiger partial charge in [-0.05, 0) is 78.6 Å². The minimum absolute atomic E-state index is 0.0167. The Morgan fingerprint density at radius 3 is 1.63 bits per heavy atom. The molecule has 41 heavy (non-hydrogen) atoms. The Hall–Kier alpha value is -4.48. The topological polar surface area (TPSA) is 152 Å². The molecule has 0 amide bonds. The first kappa shape index (κ1) is 29.5. The smallest absolute Gasteiger partial charge is 0.240 e. The average Bonchev–Trinajstić information content (AvgIpc) is 2.96. The first-order valence-corrected chi connectivity index (χ1v) is 14.1. The molecule has 0 unspecified atom stereocenters. The molecule has 216 valence electrons. The fourth-order valence-electron chi connectivity index (χ4n) is 4.62. The Balaban J connectivity index is 1.75. The number of ether oxygens (including phenoxy) is 4. The lowest BCUT2D eigenvalue weighted by Gasteiger charge is -2.27. The van der Waals surface area contributed by atoms with Crippen molar-refractivity contribution >= 4 is 39.3 Å². The van der Waals surface area contributed by atoms with Gasteiger partial charge in [0, 0.05) is 17.2 Å². The Kier molecular flexibility index (Phi) is 8.89. The van der Waals surface area contributed by atoms with Gasteiger partial charge < -0.3 is 30.4 Å². The monoisotopic (exact) mass is 579 g/mol. The van der Waals surface area contributed by atoms with Gasteiger partial charge in [-0.15, -0.1) is 0 Å². The van der Waals surface area contributed by atoms with E-state index in [1.54, 1.807) is 48.6 Å². The molecule has 0 aliphatic heterocycles. The molecule has 4 rings (SSSR count). The summed E-state index contributed by atoms with van der Waals surface area (Å²) in [5, 5.41) is 0. The summed E-state index contributed by atoms with van der Waals surface area (Å²) < 4.78 is 50.8. The molecule has 0 atom stereocenters. The van der Waals surface area contributed by atoms with Gasteiger partial charge in [-0.2, -0.15) is 0 Å². The number of carbonyl (C=O) groups excluding carboxylic acids is 1. The summed E-state index contributed by atoms with van der Waals surface area (Å²) in [4.78, 5) is 13.7. The number of carbonyl (C=O) groups is 1. The number of nitrogens with one attached hydrogen (secondary N) is 1. The third kappa shape index (κ3) is 6.64. The quantitative estimate of drug-likeness (QED) is 0.252. The Morgan fingerprint density at radius 2 is 1.20 bits per heavy atom. The number of anilines is 2. The summed E-state index contributed by atoms with van der Waals surface area (Å²) in [6.45, 7) is 0. The summed E-state index contributed by atoms with van der Waals surface area (Å²) in [5.41, 5.74) is 14.3. The molecule has 11 heteroatoms. The van der Waals surface area contributed by atoms with E-state index in [4.69, 9.17) is 30.4 Å². The summed E-state index contributed by atoms with van der Waals surface area (Å²) in [6, 6.07) is 14.1. The van der Waals surface area contributed by atoms with Crippen LogP contribution in [0.1, 0.15) is 24.0 Å². The summed E-state index contributed by atoms with van der Waals surface area (Å²) >= 11 is 0. The van der Waals surface area contributed by atoms with Crippen LogP contribution in [0.4, 0.5) is 11.4 Å². The van der Waals surface area contributed by atoms with Gasteiger partial charge in [-0.3, -0.25) is 4.79 Å². The molecule has 10 nitrogen and oxygen atoms in total. The van der Waals surface area contributed by atoms with Gasteiger partial charge in [0.15, 0.2) is 28.8 Å². The van der Waals surface area contributed by atoms with Crippen LogP contribution in [0, 0.1) is 0 Å². The predicted octanol–water partition coefficient (Wildman–Crippen LogP) is 4.06. The molecule has 1 aliphatic carbocycles. The zero-order valence-electron chi connectivity index (χ0n) is 23.3. The molecule has 0 aromatic heterocycles. The molecule has 5 N–H and O–H groups in total. The molecule has 3 aromatic rings. The molecule has 0 bridgehead atoms. The molecule has 3 aromatic carbocycles. The molecule has 0 radical (unpaired) electrons. The number of hydrogen-bond donors (Lipinski definition) is 3. The molecular formula is C30H33N3O7S. The van der Waals surface area contributed by atoms with Gasteiger partial charge in [0.05, 0.1) is 44.7 Å². The van der Waals surface area contributed by atoms with Crippen LogP contribution in [-0.4, -0.2) is 48.7 Å². The van der Waals surface area contributed by atoms with Crippen LogP contribution in [0.25, 0.3) is 12.2 Å². The zero-order valence-corrected chi connectivity index (χ0v) is 24.1. The Labute approximate surface area is 239 Å². The summed E-state index contributed by atoms with van der Waals surface area (Å²) in [5.74, 6) is 1.91. The predicted molar refractivity (Wildman–Crippen MR) is 159 cm³/mol. The van der Waals surface area contributed by atoms with Crippen LogP contribution in [0.2, 0.25) is 0 Å². The first-order chi connectivity index (χ1) is 19.6. The SMILES string of the molecule is COc1ccc(/C=C2\CC(NS(=O)(=O)c3ccc(N)c(N)c3)C/C(=C\c3ccc(OC)c(OC)c3)C2=O)cc1OC. The third-order valence-electron chi connectivity index (χ3n) is 6.70. The van der Waals surface area contributed by atoms with Crippen molar-refractivity contribution in [3.8, 4) is 23.0 Å². The van der Waals surface area contributed by atoms with E-state index >= 15 is 0 Å². The van der Waals surface area contributed by atoms with E-state index in [9.17, 15) is 13.2 Å². The molecule has 0 saturated heterocycles. The van der Waals surface area contributed by atoms with Crippen LogP contribution in [0.15, 0.2) is 70.6 Å². The van der Waals surface area contributed by atoms with Crippen molar-refractivity contribution in [1.29, 1.82) is 0 Å². The average molecular weight is 580 g/mol. The van der Waals surface area contributed by atoms with Crippen molar-refractivity contribution < 1.29 is 32.2 Å². The number of ketones is 1. The number of rotatable bonds is 9. The largest absolute Gasteiger partial charge is 0.493 e. The number of nitrogens with two attached hydrogens (primary N) is 2. The Morgan fingerprint density at radius 1 is 0.707 bits per heavy atom. The lowest BCUT2D eigenvalue weighted by molar-refractivity contribution is -0.113. The minimum atomic E-state index is -3.97. The van der Waals surface area contributed by atoms with E-state index in [2.05, 4.69) is 4.72 Å². The second-order valence-corrected chi connectivity index (χ2v) is 11.1. The van der Waals surface area contributed by atoms with Crippen LogP contribution in [0.3, 0.4) is 0 Å². The third-order valence-corrected chi connectivity index (χ3v) is 8.22. The number of methoxy groups -OCH3 is 4. The van der Waals surface area contributed by atoms with Gasteiger partial charge in [0.1, 0.15) is 0 Å². The number of benzene rings is 3. The molecule has 1 aliphatic rings. The lowest BCUT2D eigenvalue weighted by atomic mass is 9.84. The molecule has 0 spiro atoms. The number of hydrogen-bond acceptors (Lipinski definition) is 9. The first-order valence-electron chi connectivity index (χ1n) is 12.7. The van der Waals surface area contributed by atoms with Crippen molar-refractivity contribution in [3.05, 3.63) is 76.9 Å². The van der Waals surface area contributed by atoms with E-state index < -0.39 is 16.1 Å². The van der Waals surface area contributed by atoms with Crippen molar-refractivity contribution in [2.45, 2.75) is 23.8 Å². The summed E-state index contributed by atoms with van der Waals surface area (Å²) in [7, 11) is 2.16. The number of sulfonamides is 1. The van der Waals surface area contributed by atoms with E-state index in [0.29, 0.717) is 45.3 Å². The van der Waals surface area contributed by atoms with Crippen molar-refractivity contribution in [2.24, 2.45) is 0 Å². The highest BCUT2D eigenvalue weighted by atomic mass is 32.2. The van der Waals surface area contributed by atoms with Crippen LogP contribution >= 0.6 is 0 Å².